The van der Waals surface area contributed by atoms with E-state index in [9.17, 15) is 5.11 Å². The minimum atomic E-state index is 0.277. The minimum absolute atomic E-state index is 0.277. The summed E-state index contributed by atoms with van der Waals surface area (Å²) < 4.78 is 0. The molecule has 1 radical (unpaired) electrons. The van der Waals surface area contributed by atoms with Crippen LogP contribution in [-0.4, -0.2) is 5.11 Å². The first-order valence-electron chi connectivity index (χ1n) is 3.44. The topological polar surface area (TPSA) is 20.2 Å². The molecule has 0 fully saturated rings. The third-order valence-corrected chi connectivity index (χ3v) is 1.72. The van der Waals surface area contributed by atoms with E-state index in [1.165, 1.54) is 5.56 Å². The molecule has 1 heteroatoms. The number of hydrogen-bond acceptors (Lipinski definition) is 1. The average molecular weight is 135 g/mol. The van der Waals surface area contributed by atoms with Crippen molar-refractivity contribution < 1.29 is 5.11 Å². The van der Waals surface area contributed by atoms with Crippen molar-refractivity contribution >= 4 is 0 Å². The number of rotatable bonds is 1. The zero-order chi connectivity index (χ0) is 7.56. The highest BCUT2D eigenvalue weighted by molar-refractivity contribution is 5.36. The molecule has 1 aromatic rings. The van der Waals surface area contributed by atoms with Gasteiger partial charge in [0.05, 0.1) is 0 Å². The van der Waals surface area contributed by atoms with E-state index in [-0.39, 0.29) is 5.75 Å². The second-order valence-electron chi connectivity index (χ2n) is 2.33. The second-order valence-corrected chi connectivity index (χ2v) is 2.33. The van der Waals surface area contributed by atoms with Gasteiger partial charge in [-0.1, -0.05) is 19.1 Å². The molecule has 10 heavy (non-hydrogen) atoms. The molecule has 1 aromatic carbocycles. The molecule has 0 bridgehead atoms. The van der Waals surface area contributed by atoms with Crippen molar-refractivity contribution in [3.05, 3.63) is 29.3 Å². The maximum Gasteiger partial charge on any atom is 0.126 e. The summed E-state index contributed by atoms with van der Waals surface area (Å²) in [5, 5.41) is 9.18. The fraction of sp³-hybridized carbons (Fsp3) is 0.333. The van der Waals surface area contributed by atoms with E-state index in [0.717, 1.165) is 12.0 Å². The third kappa shape index (κ3) is 1.13. The summed E-state index contributed by atoms with van der Waals surface area (Å²) in [7, 11) is 0. The van der Waals surface area contributed by atoms with E-state index < -0.39 is 0 Å². The van der Waals surface area contributed by atoms with E-state index in [4.69, 9.17) is 0 Å². The molecule has 0 amide bonds. The lowest BCUT2D eigenvalue weighted by Crippen LogP contribution is -1.85. The first kappa shape index (κ1) is 7.13. The quantitative estimate of drug-likeness (QED) is 0.625. The summed E-state index contributed by atoms with van der Waals surface area (Å²) in [6.45, 7) is 3.98. The molecule has 0 aliphatic rings. The van der Waals surface area contributed by atoms with Gasteiger partial charge in [-0.05, 0) is 24.5 Å². The zero-order valence-electron chi connectivity index (χ0n) is 6.31. The van der Waals surface area contributed by atoms with Crippen molar-refractivity contribution in [2.45, 2.75) is 20.3 Å². The van der Waals surface area contributed by atoms with Crippen molar-refractivity contribution in [3.63, 3.8) is 0 Å². The molecule has 1 nitrogen and oxygen atoms in total. The second kappa shape index (κ2) is 2.74. The molecule has 0 aromatic heterocycles. The predicted octanol–water partition coefficient (Wildman–Crippen LogP) is 2.06. The monoisotopic (exact) mass is 135 g/mol. The SMILES string of the molecule is CCc1cc[c]c(O)c1C. The Hall–Kier alpha value is -0.980. The Morgan fingerprint density at radius 3 is 2.80 bits per heavy atom. The lowest BCUT2D eigenvalue weighted by Gasteiger charge is -2.02. The van der Waals surface area contributed by atoms with Gasteiger partial charge in [0.2, 0.25) is 0 Å². The number of aryl methyl sites for hydroxylation is 1. The number of benzene rings is 1. The summed E-state index contributed by atoms with van der Waals surface area (Å²) in [5.41, 5.74) is 2.14. The lowest BCUT2D eigenvalue weighted by molar-refractivity contribution is 0.469. The standard InChI is InChI=1S/C9H11O/c1-3-8-5-4-6-9(10)7(8)2/h4-5,10H,3H2,1-2H3. The van der Waals surface area contributed by atoms with Gasteiger partial charge >= 0.3 is 0 Å². The highest BCUT2D eigenvalue weighted by Crippen LogP contribution is 2.18. The van der Waals surface area contributed by atoms with E-state index in [1.54, 1.807) is 6.07 Å². The minimum Gasteiger partial charge on any atom is -0.507 e. The Kier molecular flexibility index (Phi) is 1.95. The fourth-order valence-electron chi connectivity index (χ4n) is 0.990. The van der Waals surface area contributed by atoms with Gasteiger partial charge in [0.1, 0.15) is 5.75 Å². The van der Waals surface area contributed by atoms with Crippen LogP contribution in [0.4, 0.5) is 0 Å². The smallest absolute Gasteiger partial charge is 0.126 e. The Balaban J connectivity index is 3.14. The molecule has 0 spiro atoms. The van der Waals surface area contributed by atoms with Crippen LogP contribution in [0.3, 0.4) is 0 Å². The van der Waals surface area contributed by atoms with Gasteiger partial charge < -0.3 is 5.11 Å². The van der Waals surface area contributed by atoms with Gasteiger partial charge in [0.25, 0.3) is 0 Å². The maximum atomic E-state index is 9.18. The van der Waals surface area contributed by atoms with Crippen LogP contribution >= 0.6 is 0 Å². The molecule has 1 N–H and O–H groups in total. The van der Waals surface area contributed by atoms with Crippen molar-refractivity contribution in [2.24, 2.45) is 0 Å². The van der Waals surface area contributed by atoms with Crippen LogP contribution in [0.5, 0.6) is 5.75 Å². The van der Waals surface area contributed by atoms with Crippen LogP contribution in [0.15, 0.2) is 12.1 Å². The first-order chi connectivity index (χ1) is 4.75. The Labute approximate surface area is 61.3 Å². The molecule has 0 aliphatic carbocycles. The molecule has 1 rings (SSSR count). The zero-order valence-corrected chi connectivity index (χ0v) is 6.31. The van der Waals surface area contributed by atoms with Gasteiger partial charge in [-0.15, -0.1) is 0 Å². The fourth-order valence-corrected chi connectivity index (χ4v) is 0.990. The van der Waals surface area contributed by atoms with Crippen LogP contribution in [0, 0.1) is 13.0 Å². The Morgan fingerprint density at radius 2 is 2.30 bits per heavy atom. The normalized spacial score (nSPS) is 9.80. The summed E-state index contributed by atoms with van der Waals surface area (Å²) in [5.74, 6) is 0.277. The van der Waals surface area contributed by atoms with Gasteiger partial charge in [-0.25, -0.2) is 0 Å². The summed E-state index contributed by atoms with van der Waals surface area (Å²) >= 11 is 0. The molecule has 0 atom stereocenters. The predicted molar refractivity (Wildman–Crippen MR) is 41.1 cm³/mol. The van der Waals surface area contributed by atoms with Crippen LogP contribution in [-0.2, 0) is 6.42 Å². The number of hydrogen-bond donors (Lipinski definition) is 1. The van der Waals surface area contributed by atoms with E-state index in [0.29, 0.717) is 0 Å². The molecule has 53 valence electrons. The summed E-state index contributed by atoms with van der Waals surface area (Å²) in [6.07, 6.45) is 0.966. The van der Waals surface area contributed by atoms with Crippen LogP contribution in [0.25, 0.3) is 0 Å². The summed E-state index contributed by atoms with van der Waals surface area (Å²) in [4.78, 5) is 0. The van der Waals surface area contributed by atoms with E-state index >= 15 is 0 Å². The molecular weight excluding hydrogens is 124 g/mol. The molecular formula is C9H11O. The van der Waals surface area contributed by atoms with E-state index in [1.807, 2.05) is 13.0 Å². The lowest BCUT2D eigenvalue weighted by atomic mass is 10.1. The average Bonchev–Trinajstić information content (AvgIpc) is 1.95. The van der Waals surface area contributed by atoms with Gasteiger partial charge in [0, 0.05) is 6.07 Å². The number of aromatic hydroxyl groups is 1. The Morgan fingerprint density at radius 1 is 1.60 bits per heavy atom. The highest BCUT2D eigenvalue weighted by Gasteiger charge is 1.98. The molecule has 0 unspecified atom stereocenters. The van der Waals surface area contributed by atoms with Crippen molar-refractivity contribution in [2.75, 3.05) is 0 Å². The molecule has 0 heterocycles. The molecule has 0 saturated carbocycles. The Bertz CT molecular complexity index is 228. The van der Waals surface area contributed by atoms with Gasteiger partial charge in [-0.2, -0.15) is 0 Å². The van der Waals surface area contributed by atoms with Crippen LogP contribution in [0.1, 0.15) is 18.1 Å². The van der Waals surface area contributed by atoms with Crippen LogP contribution in [0.2, 0.25) is 0 Å². The first-order valence-corrected chi connectivity index (χ1v) is 3.44. The highest BCUT2D eigenvalue weighted by atomic mass is 16.3. The van der Waals surface area contributed by atoms with Gasteiger partial charge in [0.15, 0.2) is 0 Å². The molecule has 0 aliphatic heterocycles. The maximum absolute atomic E-state index is 9.18. The van der Waals surface area contributed by atoms with Crippen molar-refractivity contribution in [1.82, 2.24) is 0 Å². The van der Waals surface area contributed by atoms with Crippen LogP contribution < -0.4 is 0 Å². The van der Waals surface area contributed by atoms with E-state index in [2.05, 4.69) is 13.0 Å². The largest absolute Gasteiger partial charge is 0.507 e. The number of phenols is 1. The molecule has 0 saturated heterocycles. The van der Waals surface area contributed by atoms with Gasteiger partial charge in [-0.3, -0.25) is 0 Å². The number of phenolic OH excluding ortho intramolecular Hbond substituents is 1. The third-order valence-electron chi connectivity index (χ3n) is 1.72. The van der Waals surface area contributed by atoms with Crippen molar-refractivity contribution in [3.8, 4) is 5.75 Å². The van der Waals surface area contributed by atoms with Crippen molar-refractivity contribution in [1.29, 1.82) is 0 Å². The summed E-state index contributed by atoms with van der Waals surface area (Å²) in [6, 6.07) is 6.46.